The van der Waals surface area contributed by atoms with Gasteiger partial charge in [0, 0.05) is 18.5 Å². The highest BCUT2D eigenvalue weighted by Crippen LogP contribution is 2.22. The molecule has 1 unspecified atom stereocenters. The van der Waals surface area contributed by atoms with E-state index in [0.717, 1.165) is 6.42 Å². The zero-order valence-electron chi connectivity index (χ0n) is 12.0. The van der Waals surface area contributed by atoms with Gasteiger partial charge in [0.2, 0.25) is 10.0 Å². The highest BCUT2D eigenvalue weighted by Gasteiger charge is 2.31. The number of nitrogens with zero attached hydrogens (tertiary/aromatic N) is 1. The van der Waals surface area contributed by atoms with E-state index >= 15 is 0 Å². The van der Waals surface area contributed by atoms with Crippen LogP contribution < -0.4 is 4.74 Å². The molecule has 2 rings (SSSR count). The van der Waals surface area contributed by atoms with Crippen LogP contribution in [-0.4, -0.2) is 51.0 Å². The molecule has 0 saturated carbocycles. The average molecular weight is 334 g/mol. The van der Waals surface area contributed by atoms with Crippen molar-refractivity contribution in [2.75, 3.05) is 32.2 Å². The number of sulfonamides is 1. The van der Waals surface area contributed by atoms with E-state index in [1.54, 1.807) is 24.3 Å². The van der Waals surface area contributed by atoms with Crippen molar-refractivity contribution in [2.45, 2.75) is 24.3 Å². The van der Waals surface area contributed by atoms with Crippen molar-refractivity contribution in [1.29, 1.82) is 0 Å². The maximum atomic E-state index is 12.6. The Morgan fingerprint density at radius 3 is 2.71 bits per heavy atom. The zero-order chi connectivity index (χ0) is 15.3. The lowest BCUT2D eigenvalue weighted by atomic mass is 10.3. The smallest absolute Gasteiger partial charge is 0.243 e. The minimum absolute atomic E-state index is 0.150. The molecule has 0 amide bonds. The first-order chi connectivity index (χ1) is 10.1. The number of morpholine rings is 1. The van der Waals surface area contributed by atoms with Gasteiger partial charge in [-0.3, -0.25) is 0 Å². The summed E-state index contributed by atoms with van der Waals surface area (Å²) in [6, 6.07) is 6.35. The van der Waals surface area contributed by atoms with Gasteiger partial charge < -0.3 is 9.47 Å². The molecule has 0 aromatic heterocycles. The lowest BCUT2D eigenvalue weighted by Crippen LogP contribution is -2.46. The van der Waals surface area contributed by atoms with Crippen molar-refractivity contribution in [3.63, 3.8) is 0 Å². The lowest BCUT2D eigenvalue weighted by Gasteiger charge is -2.32. The molecule has 118 valence electrons. The van der Waals surface area contributed by atoms with Crippen LogP contribution in [0.2, 0.25) is 0 Å². The third-order valence-electron chi connectivity index (χ3n) is 3.28. The summed E-state index contributed by atoms with van der Waals surface area (Å²) in [4.78, 5) is 0.279. The average Bonchev–Trinajstić information content (AvgIpc) is 2.48. The van der Waals surface area contributed by atoms with Crippen LogP contribution in [0.15, 0.2) is 29.2 Å². The lowest BCUT2D eigenvalue weighted by molar-refractivity contribution is 0.0393. The van der Waals surface area contributed by atoms with Gasteiger partial charge in [0.15, 0.2) is 0 Å². The molecule has 1 fully saturated rings. The predicted molar refractivity (Wildman–Crippen MR) is 81.4 cm³/mol. The Morgan fingerprint density at radius 2 is 2.10 bits per heavy atom. The van der Waals surface area contributed by atoms with E-state index in [1.807, 2.05) is 6.92 Å². The molecule has 0 radical (unpaired) electrons. The minimum atomic E-state index is -3.48. The van der Waals surface area contributed by atoms with Crippen LogP contribution in [-0.2, 0) is 14.8 Å². The first kappa shape index (κ1) is 16.5. The molecule has 0 aliphatic carbocycles. The van der Waals surface area contributed by atoms with Crippen molar-refractivity contribution >= 4 is 21.6 Å². The fourth-order valence-corrected chi connectivity index (χ4v) is 3.87. The quantitative estimate of drug-likeness (QED) is 0.591. The van der Waals surface area contributed by atoms with Gasteiger partial charge >= 0.3 is 0 Å². The van der Waals surface area contributed by atoms with Crippen molar-refractivity contribution in [1.82, 2.24) is 4.31 Å². The van der Waals surface area contributed by atoms with Crippen LogP contribution in [0, 0.1) is 0 Å². The molecule has 1 aromatic carbocycles. The van der Waals surface area contributed by atoms with Gasteiger partial charge in [-0.2, -0.15) is 4.31 Å². The molecule has 1 heterocycles. The Labute approximate surface area is 130 Å². The second-order valence-corrected chi connectivity index (χ2v) is 7.17. The minimum Gasteiger partial charge on any atom is -0.494 e. The van der Waals surface area contributed by atoms with Crippen molar-refractivity contribution in [3.8, 4) is 5.75 Å². The van der Waals surface area contributed by atoms with E-state index in [9.17, 15) is 8.42 Å². The number of rotatable bonds is 6. The Morgan fingerprint density at radius 1 is 1.38 bits per heavy atom. The largest absolute Gasteiger partial charge is 0.494 e. The summed E-state index contributed by atoms with van der Waals surface area (Å²) in [5.74, 6) is 1.19. The third kappa shape index (κ3) is 4.10. The molecule has 1 aliphatic heterocycles. The Hall–Kier alpha value is -0.820. The molecule has 1 aliphatic rings. The summed E-state index contributed by atoms with van der Waals surface area (Å²) in [6.07, 6.45) is 0.757. The highest BCUT2D eigenvalue weighted by atomic mass is 35.5. The fraction of sp³-hybridized carbons (Fsp3) is 0.571. The summed E-state index contributed by atoms with van der Waals surface area (Å²) in [5, 5.41) is 0. The van der Waals surface area contributed by atoms with E-state index in [4.69, 9.17) is 21.1 Å². The van der Waals surface area contributed by atoms with Crippen LogP contribution in [0.3, 0.4) is 0 Å². The van der Waals surface area contributed by atoms with E-state index in [-0.39, 0.29) is 10.9 Å². The fourth-order valence-electron chi connectivity index (χ4n) is 2.16. The topological polar surface area (TPSA) is 55.8 Å². The number of ether oxygens (including phenoxy) is 2. The van der Waals surface area contributed by atoms with Crippen LogP contribution in [0.5, 0.6) is 5.75 Å². The van der Waals surface area contributed by atoms with Crippen molar-refractivity contribution < 1.29 is 17.9 Å². The molecule has 1 saturated heterocycles. The molecule has 21 heavy (non-hydrogen) atoms. The molecule has 7 heteroatoms. The second-order valence-electron chi connectivity index (χ2n) is 4.90. The number of alkyl halides is 1. The molecule has 0 spiro atoms. The molecule has 1 atom stereocenters. The summed E-state index contributed by atoms with van der Waals surface area (Å²) < 4.78 is 37.4. The monoisotopic (exact) mass is 333 g/mol. The molecular weight excluding hydrogens is 314 g/mol. The molecule has 5 nitrogen and oxygen atoms in total. The Bertz CT molecular complexity index is 547. The van der Waals surface area contributed by atoms with Gasteiger partial charge in [-0.05, 0) is 37.6 Å². The zero-order valence-corrected chi connectivity index (χ0v) is 13.6. The molecule has 1 aromatic rings. The molecule has 0 bridgehead atoms. The van der Waals surface area contributed by atoms with Gasteiger partial charge in [0.1, 0.15) is 5.75 Å². The normalized spacial score (nSPS) is 20.4. The van der Waals surface area contributed by atoms with E-state index in [1.165, 1.54) is 4.31 Å². The van der Waals surface area contributed by atoms with Crippen LogP contribution in [0.25, 0.3) is 0 Å². The Balaban J connectivity index is 2.09. The predicted octanol–water partition coefficient (Wildman–Crippen LogP) is 2.10. The van der Waals surface area contributed by atoms with Gasteiger partial charge in [0.25, 0.3) is 0 Å². The van der Waals surface area contributed by atoms with Gasteiger partial charge in [-0.15, -0.1) is 11.6 Å². The molecular formula is C14H20ClNO4S. The summed E-state index contributed by atoms with van der Waals surface area (Å²) in [5.41, 5.74) is 0. The number of hydrogen-bond donors (Lipinski definition) is 0. The number of halogens is 1. The van der Waals surface area contributed by atoms with E-state index in [2.05, 4.69) is 0 Å². The van der Waals surface area contributed by atoms with Gasteiger partial charge in [0.05, 0.1) is 24.7 Å². The van der Waals surface area contributed by atoms with Gasteiger partial charge in [-0.25, -0.2) is 8.42 Å². The van der Waals surface area contributed by atoms with Gasteiger partial charge in [-0.1, -0.05) is 0 Å². The maximum Gasteiger partial charge on any atom is 0.243 e. The first-order valence-electron chi connectivity index (χ1n) is 6.94. The highest BCUT2D eigenvalue weighted by molar-refractivity contribution is 7.89. The van der Waals surface area contributed by atoms with E-state index in [0.29, 0.717) is 38.0 Å². The van der Waals surface area contributed by atoms with Crippen molar-refractivity contribution in [3.05, 3.63) is 24.3 Å². The van der Waals surface area contributed by atoms with E-state index < -0.39 is 10.0 Å². The maximum absolute atomic E-state index is 12.6. The van der Waals surface area contributed by atoms with Crippen LogP contribution in [0.4, 0.5) is 0 Å². The third-order valence-corrected chi connectivity index (χ3v) is 5.58. The van der Waals surface area contributed by atoms with Crippen LogP contribution in [0.1, 0.15) is 13.3 Å². The molecule has 0 N–H and O–H groups in total. The Kier molecular flexibility index (Phi) is 5.87. The standard InChI is InChI=1S/C14H20ClNO4S/c1-12-11-19-10-8-16(12)21(17,18)14-5-3-13(4-6-14)20-9-2-7-15/h3-6,12H,2,7-11H2,1H3. The number of hydrogen-bond acceptors (Lipinski definition) is 4. The van der Waals surface area contributed by atoms with Crippen molar-refractivity contribution in [2.24, 2.45) is 0 Å². The van der Waals surface area contributed by atoms with Crippen LogP contribution >= 0.6 is 11.6 Å². The summed E-state index contributed by atoms with van der Waals surface area (Å²) in [6.45, 7) is 3.62. The first-order valence-corrected chi connectivity index (χ1v) is 8.91. The summed E-state index contributed by atoms with van der Waals surface area (Å²) in [7, 11) is -3.48. The SMILES string of the molecule is CC1COCCN1S(=O)(=O)c1ccc(OCCCCl)cc1. The summed E-state index contributed by atoms with van der Waals surface area (Å²) >= 11 is 5.58. The number of benzene rings is 1. The second kappa shape index (κ2) is 7.45.